The Bertz CT molecular complexity index is 740. The van der Waals surface area contributed by atoms with Gasteiger partial charge in [-0.3, -0.25) is 0 Å². The van der Waals surface area contributed by atoms with E-state index in [1.165, 1.54) is 77.0 Å². The number of rotatable bonds is 25. The molecule has 1 N–H and O–H groups in total. The summed E-state index contributed by atoms with van der Waals surface area (Å²) in [7, 11) is 0. The number of hydrogen-bond donors (Lipinski definition) is 1. The van der Waals surface area contributed by atoms with Gasteiger partial charge in [-0.15, -0.1) is 0 Å². The lowest BCUT2D eigenvalue weighted by Gasteiger charge is -2.33. The lowest BCUT2D eigenvalue weighted by molar-refractivity contribution is -0.0963. The number of unbranched alkanes of at least 4 members (excludes halogenated alkanes) is 14. The molecule has 0 spiro atoms. The average Bonchev–Trinajstić information content (AvgIpc) is 2.95. The summed E-state index contributed by atoms with van der Waals surface area (Å²) in [5.41, 5.74) is 0. The minimum Gasteiger partial charge on any atom is -0.450 e. The Labute approximate surface area is 267 Å². The van der Waals surface area contributed by atoms with Crippen molar-refractivity contribution in [3.63, 3.8) is 0 Å². The third-order valence-electron chi connectivity index (χ3n) is 8.24. The van der Waals surface area contributed by atoms with Crippen LogP contribution >= 0.6 is 0 Å². The molecule has 0 saturated heterocycles. The first-order valence-electron chi connectivity index (χ1n) is 17.7. The highest BCUT2D eigenvalue weighted by atomic mass is 16.8. The number of carbonyl (C=O) groups excluding carboxylic acids is 2. The Hall–Kier alpha value is -2.19. The molecular weight excluding hydrogens is 564 g/mol. The lowest BCUT2D eigenvalue weighted by atomic mass is 9.92. The summed E-state index contributed by atoms with van der Waals surface area (Å²) in [5, 5.41) is 9.00. The van der Waals surface area contributed by atoms with Crippen LogP contribution in [0.15, 0.2) is 0 Å². The predicted octanol–water partition coefficient (Wildman–Crippen LogP) is 10.6. The largest absolute Gasteiger partial charge is 0.508 e. The maximum absolute atomic E-state index is 12.4. The van der Waals surface area contributed by atoms with Crippen LogP contribution in [0.25, 0.3) is 0 Å². The van der Waals surface area contributed by atoms with Crippen molar-refractivity contribution in [2.24, 2.45) is 11.8 Å². The minimum atomic E-state index is -1.39. The molecule has 9 heteroatoms. The van der Waals surface area contributed by atoms with E-state index in [-0.39, 0.29) is 19.6 Å². The number of carbonyl (C=O) groups is 3. The van der Waals surface area contributed by atoms with Crippen molar-refractivity contribution in [1.29, 1.82) is 0 Å². The molecule has 0 aromatic heterocycles. The molecule has 0 aromatic rings. The summed E-state index contributed by atoms with van der Waals surface area (Å²) >= 11 is 0. The highest BCUT2D eigenvalue weighted by molar-refractivity contribution is 5.61. The predicted molar refractivity (Wildman–Crippen MR) is 172 cm³/mol. The molecule has 3 unspecified atom stereocenters. The molecule has 258 valence electrons. The van der Waals surface area contributed by atoms with Gasteiger partial charge in [0, 0.05) is 6.42 Å². The molecule has 44 heavy (non-hydrogen) atoms. The SMILES string of the molecule is CC(C)CCCCCCCCCCOC(=O)OC1CCC(OC(=O)O)CC1OC(=O)OCCCCCCCCCCC(C)C. The lowest BCUT2D eigenvalue weighted by Crippen LogP contribution is -2.43. The maximum atomic E-state index is 12.4. The third-order valence-corrected chi connectivity index (χ3v) is 8.24. The first kappa shape index (κ1) is 39.8. The zero-order valence-corrected chi connectivity index (χ0v) is 28.4. The topological polar surface area (TPSA) is 118 Å². The standard InChI is InChI=1S/C35H64O9/c1-28(2)21-17-13-9-5-7-11-15-19-25-40-34(38)43-31-24-23-30(42-33(36)37)27-32(31)44-35(39)41-26-20-16-12-8-6-10-14-18-22-29(3)4/h28-32H,5-27H2,1-4H3,(H,36,37). The summed E-state index contributed by atoms with van der Waals surface area (Å²) in [4.78, 5) is 35.7. The van der Waals surface area contributed by atoms with Gasteiger partial charge in [-0.25, -0.2) is 14.4 Å². The van der Waals surface area contributed by atoms with Crippen LogP contribution in [-0.2, 0) is 23.7 Å². The molecule has 0 amide bonds. The monoisotopic (exact) mass is 628 g/mol. The van der Waals surface area contributed by atoms with Crippen molar-refractivity contribution >= 4 is 18.5 Å². The average molecular weight is 629 g/mol. The minimum absolute atomic E-state index is 0.0913. The van der Waals surface area contributed by atoms with Crippen LogP contribution in [0.2, 0.25) is 0 Å². The summed E-state index contributed by atoms with van der Waals surface area (Å²) in [6.45, 7) is 9.59. The second-order valence-electron chi connectivity index (χ2n) is 13.4. The van der Waals surface area contributed by atoms with Crippen molar-refractivity contribution in [2.75, 3.05) is 13.2 Å². The Morgan fingerprint density at radius 3 is 1.34 bits per heavy atom. The van der Waals surface area contributed by atoms with Gasteiger partial charge in [-0.05, 0) is 37.5 Å². The van der Waals surface area contributed by atoms with Gasteiger partial charge in [0.25, 0.3) is 0 Å². The molecule has 0 bridgehead atoms. The van der Waals surface area contributed by atoms with Crippen LogP contribution in [0.3, 0.4) is 0 Å². The van der Waals surface area contributed by atoms with Gasteiger partial charge in [0.1, 0.15) is 18.3 Å². The fraction of sp³-hybridized carbons (Fsp3) is 0.914. The van der Waals surface area contributed by atoms with Crippen LogP contribution < -0.4 is 0 Å². The van der Waals surface area contributed by atoms with Crippen molar-refractivity contribution in [3.8, 4) is 0 Å². The number of hydrogen-bond acceptors (Lipinski definition) is 8. The van der Waals surface area contributed by atoms with E-state index in [9.17, 15) is 14.4 Å². The molecule has 1 fully saturated rings. The van der Waals surface area contributed by atoms with Gasteiger partial charge >= 0.3 is 18.5 Å². The number of ether oxygens (including phenoxy) is 5. The molecule has 9 nitrogen and oxygen atoms in total. The van der Waals surface area contributed by atoms with Gasteiger partial charge in [0.05, 0.1) is 13.2 Å². The molecular formula is C35H64O9. The van der Waals surface area contributed by atoms with Crippen molar-refractivity contribution < 1.29 is 43.2 Å². The molecule has 0 aliphatic heterocycles. The van der Waals surface area contributed by atoms with Crippen LogP contribution in [0.1, 0.15) is 163 Å². The molecule has 0 radical (unpaired) electrons. The number of carboxylic acid groups (broad SMARTS) is 1. The molecule has 0 aromatic carbocycles. The second kappa shape index (κ2) is 26.1. The quantitative estimate of drug-likeness (QED) is 0.0598. The summed E-state index contributed by atoms with van der Waals surface area (Å²) in [6, 6.07) is 0. The maximum Gasteiger partial charge on any atom is 0.508 e. The van der Waals surface area contributed by atoms with Crippen LogP contribution in [0.5, 0.6) is 0 Å². The van der Waals surface area contributed by atoms with E-state index in [4.69, 9.17) is 28.8 Å². The Morgan fingerprint density at radius 2 is 0.932 bits per heavy atom. The van der Waals surface area contributed by atoms with Crippen LogP contribution in [0.4, 0.5) is 14.4 Å². The summed E-state index contributed by atoms with van der Waals surface area (Å²) in [6.07, 6.45) is 16.4. The van der Waals surface area contributed by atoms with Crippen LogP contribution in [-0.4, -0.2) is 55.1 Å². The normalized spacial score (nSPS) is 18.3. The summed E-state index contributed by atoms with van der Waals surface area (Å²) < 4.78 is 26.4. The Morgan fingerprint density at radius 1 is 0.545 bits per heavy atom. The molecule has 0 heterocycles. The van der Waals surface area contributed by atoms with E-state index in [1.54, 1.807) is 0 Å². The Kier molecular flexibility index (Phi) is 23.6. The van der Waals surface area contributed by atoms with E-state index in [0.29, 0.717) is 12.8 Å². The first-order chi connectivity index (χ1) is 21.2. The van der Waals surface area contributed by atoms with E-state index in [0.717, 1.165) is 50.4 Å². The first-order valence-corrected chi connectivity index (χ1v) is 17.7. The van der Waals surface area contributed by atoms with Gasteiger partial charge < -0.3 is 28.8 Å². The van der Waals surface area contributed by atoms with Crippen molar-refractivity contribution in [2.45, 2.75) is 181 Å². The van der Waals surface area contributed by atoms with Gasteiger partial charge in [0.2, 0.25) is 0 Å². The molecule has 3 atom stereocenters. The molecule has 1 aliphatic rings. The van der Waals surface area contributed by atoms with E-state index in [1.807, 2.05) is 0 Å². The van der Waals surface area contributed by atoms with Gasteiger partial charge in [-0.1, -0.05) is 130 Å². The van der Waals surface area contributed by atoms with E-state index >= 15 is 0 Å². The zero-order valence-electron chi connectivity index (χ0n) is 28.4. The molecule has 1 aliphatic carbocycles. The van der Waals surface area contributed by atoms with Crippen molar-refractivity contribution in [3.05, 3.63) is 0 Å². The Balaban J connectivity index is 2.24. The highest BCUT2D eigenvalue weighted by Gasteiger charge is 2.38. The smallest absolute Gasteiger partial charge is 0.450 e. The fourth-order valence-electron chi connectivity index (χ4n) is 5.63. The fourth-order valence-corrected chi connectivity index (χ4v) is 5.63. The third kappa shape index (κ3) is 23.2. The van der Waals surface area contributed by atoms with Gasteiger partial charge in [-0.2, -0.15) is 0 Å². The van der Waals surface area contributed by atoms with Crippen molar-refractivity contribution in [1.82, 2.24) is 0 Å². The van der Waals surface area contributed by atoms with E-state index in [2.05, 4.69) is 27.7 Å². The zero-order chi connectivity index (χ0) is 32.4. The van der Waals surface area contributed by atoms with Gasteiger partial charge in [0.15, 0.2) is 0 Å². The van der Waals surface area contributed by atoms with Crippen LogP contribution in [0, 0.1) is 11.8 Å². The summed E-state index contributed by atoms with van der Waals surface area (Å²) in [5.74, 6) is 1.56. The molecule has 1 saturated carbocycles. The van der Waals surface area contributed by atoms with E-state index < -0.39 is 36.8 Å². The second-order valence-corrected chi connectivity index (χ2v) is 13.4. The highest BCUT2D eigenvalue weighted by Crippen LogP contribution is 2.27. The molecule has 1 rings (SSSR count).